The number of rotatable bonds is 2. The molecule has 0 aliphatic heterocycles. The van der Waals surface area contributed by atoms with Gasteiger partial charge in [0.1, 0.15) is 0 Å². The SMILES string of the molecule is COCC(C)Br. The molecule has 0 bridgehead atoms. The van der Waals surface area contributed by atoms with Crippen molar-refractivity contribution in [2.24, 2.45) is 0 Å². The highest BCUT2D eigenvalue weighted by atomic mass is 79.9. The topological polar surface area (TPSA) is 9.23 Å². The van der Waals surface area contributed by atoms with Crippen molar-refractivity contribution in [2.75, 3.05) is 13.7 Å². The van der Waals surface area contributed by atoms with Crippen LogP contribution in [0.15, 0.2) is 0 Å². The van der Waals surface area contributed by atoms with E-state index in [1.54, 1.807) is 7.11 Å². The lowest BCUT2D eigenvalue weighted by atomic mass is 10.5. The molecule has 0 amide bonds. The van der Waals surface area contributed by atoms with Gasteiger partial charge in [0.05, 0.1) is 6.61 Å². The van der Waals surface area contributed by atoms with Gasteiger partial charge in [0.25, 0.3) is 0 Å². The van der Waals surface area contributed by atoms with Gasteiger partial charge in [0.2, 0.25) is 0 Å². The first kappa shape index (κ1) is 6.44. The molecule has 38 valence electrons. The normalized spacial score (nSPS) is 14.5. The van der Waals surface area contributed by atoms with Gasteiger partial charge in [-0.25, -0.2) is 0 Å². The minimum atomic E-state index is 0.488. The molecule has 0 N–H and O–H groups in total. The van der Waals surface area contributed by atoms with Crippen LogP contribution in [0.25, 0.3) is 0 Å². The number of hydrogen-bond donors (Lipinski definition) is 0. The summed E-state index contributed by atoms with van der Waals surface area (Å²) in [5.74, 6) is 0. The second-order valence-corrected chi connectivity index (χ2v) is 2.80. The van der Waals surface area contributed by atoms with Crippen molar-refractivity contribution in [3.8, 4) is 0 Å². The van der Waals surface area contributed by atoms with Crippen LogP contribution in [0.3, 0.4) is 0 Å². The van der Waals surface area contributed by atoms with Gasteiger partial charge in [0, 0.05) is 11.9 Å². The Labute approximate surface area is 46.8 Å². The molecule has 0 aliphatic carbocycles. The van der Waals surface area contributed by atoms with Crippen molar-refractivity contribution in [3.63, 3.8) is 0 Å². The first-order chi connectivity index (χ1) is 2.77. The van der Waals surface area contributed by atoms with E-state index in [1.807, 2.05) is 6.92 Å². The molecule has 0 heterocycles. The van der Waals surface area contributed by atoms with Crippen LogP contribution in [0.1, 0.15) is 6.92 Å². The maximum Gasteiger partial charge on any atom is 0.0584 e. The molecular weight excluding hydrogens is 144 g/mol. The van der Waals surface area contributed by atoms with Crippen molar-refractivity contribution in [1.82, 2.24) is 0 Å². The fourth-order valence-corrected chi connectivity index (χ4v) is 0.494. The lowest BCUT2D eigenvalue weighted by Gasteiger charge is -1.95. The Balaban J connectivity index is 2.63. The first-order valence-corrected chi connectivity index (χ1v) is 2.82. The predicted molar refractivity (Wildman–Crippen MR) is 30.3 cm³/mol. The van der Waals surface area contributed by atoms with Gasteiger partial charge in [-0.05, 0) is 0 Å². The van der Waals surface area contributed by atoms with Crippen LogP contribution >= 0.6 is 15.9 Å². The van der Waals surface area contributed by atoms with E-state index in [1.165, 1.54) is 0 Å². The molecule has 0 aromatic rings. The number of alkyl halides is 1. The Morgan fingerprint density at radius 1 is 1.83 bits per heavy atom. The molecule has 0 saturated carbocycles. The van der Waals surface area contributed by atoms with E-state index >= 15 is 0 Å². The van der Waals surface area contributed by atoms with E-state index in [0.29, 0.717) is 4.83 Å². The summed E-state index contributed by atoms with van der Waals surface area (Å²) in [5, 5.41) is 0. The highest BCUT2D eigenvalue weighted by Gasteiger charge is 1.88. The van der Waals surface area contributed by atoms with E-state index in [4.69, 9.17) is 4.74 Å². The van der Waals surface area contributed by atoms with Gasteiger partial charge in [-0.15, -0.1) is 0 Å². The number of halogens is 1. The average molecular weight is 153 g/mol. The summed E-state index contributed by atoms with van der Waals surface area (Å²) in [6.07, 6.45) is 0. The van der Waals surface area contributed by atoms with E-state index in [-0.39, 0.29) is 0 Å². The van der Waals surface area contributed by atoms with Crippen molar-refractivity contribution in [3.05, 3.63) is 0 Å². The number of ether oxygens (including phenoxy) is 1. The third kappa shape index (κ3) is 4.44. The van der Waals surface area contributed by atoms with Crippen molar-refractivity contribution in [2.45, 2.75) is 11.8 Å². The smallest absolute Gasteiger partial charge is 0.0584 e. The van der Waals surface area contributed by atoms with Crippen LogP contribution in [0, 0.1) is 0 Å². The van der Waals surface area contributed by atoms with Crippen LogP contribution in [0.5, 0.6) is 0 Å². The van der Waals surface area contributed by atoms with Gasteiger partial charge >= 0.3 is 0 Å². The zero-order valence-corrected chi connectivity index (χ0v) is 5.66. The molecule has 0 aliphatic rings. The lowest BCUT2D eigenvalue weighted by Crippen LogP contribution is -1.98. The minimum absolute atomic E-state index is 0.488. The first-order valence-electron chi connectivity index (χ1n) is 1.90. The molecule has 0 aromatic carbocycles. The van der Waals surface area contributed by atoms with Crippen molar-refractivity contribution >= 4 is 15.9 Å². The summed E-state index contributed by atoms with van der Waals surface area (Å²) in [4.78, 5) is 0.488. The summed E-state index contributed by atoms with van der Waals surface area (Å²) in [6.45, 7) is 2.84. The van der Waals surface area contributed by atoms with Crippen molar-refractivity contribution in [1.29, 1.82) is 0 Å². The molecule has 0 saturated heterocycles. The molecule has 2 heteroatoms. The molecule has 0 aromatic heterocycles. The van der Waals surface area contributed by atoms with Crippen molar-refractivity contribution < 1.29 is 4.74 Å². The van der Waals surface area contributed by atoms with Crippen LogP contribution in [-0.2, 0) is 4.74 Å². The summed E-state index contributed by atoms with van der Waals surface area (Å²) >= 11 is 3.31. The van der Waals surface area contributed by atoms with Crippen LogP contribution in [-0.4, -0.2) is 18.5 Å². The third-order valence-electron chi connectivity index (χ3n) is 0.396. The van der Waals surface area contributed by atoms with Gasteiger partial charge < -0.3 is 4.74 Å². The molecule has 1 atom stereocenters. The Kier molecular flexibility index (Phi) is 3.89. The summed E-state index contributed by atoms with van der Waals surface area (Å²) in [7, 11) is 1.69. The quantitative estimate of drug-likeness (QED) is 0.545. The largest absolute Gasteiger partial charge is 0.384 e. The maximum absolute atomic E-state index is 4.76. The highest BCUT2D eigenvalue weighted by molar-refractivity contribution is 9.09. The monoisotopic (exact) mass is 152 g/mol. The molecule has 6 heavy (non-hydrogen) atoms. The Bertz CT molecular complexity index is 28.7. The highest BCUT2D eigenvalue weighted by Crippen LogP contribution is 1.94. The van der Waals surface area contributed by atoms with E-state index in [0.717, 1.165) is 6.61 Å². The second-order valence-electron chi connectivity index (χ2n) is 1.24. The average Bonchev–Trinajstić information content (AvgIpc) is 1.35. The lowest BCUT2D eigenvalue weighted by molar-refractivity contribution is 0.204. The van der Waals surface area contributed by atoms with Gasteiger partial charge in [-0.2, -0.15) is 0 Å². The molecule has 1 nitrogen and oxygen atoms in total. The van der Waals surface area contributed by atoms with Gasteiger partial charge in [0.15, 0.2) is 0 Å². The second kappa shape index (κ2) is 3.62. The number of methoxy groups -OCH3 is 1. The Hall–Kier alpha value is 0.440. The zero-order chi connectivity index (χ0) is 4.99. The summed E-state index contributed by atoms with van der Waals surface area (Å²) < 4.78 is 4.76. The summed E-state index contributed by atoms with van der Waals surface area (Å²) in [5.41, 5.74) is 0. The van der Waals surface area contributed by atoms with Gasteiger partial charge in [-0.1, -0.05) is 22.9 Å². The molecule has 1 unspecified atom stereocenters. The van der Waals surface area contributed by atoms with E-state index in [9.17, 15) is 0 Å². The fraction of sp³-hybridized carbons (Fsp3) is 1.00. The van der Waals surface area contributed by atoms with Crippen LogP contribution in [0.4, 0.5) is 0 Å². The van der Waals surface area contributed by atoms with E-state index in [2.05, 4.69) is 15.9 Å². The Morgan fingerprint density at radius 3 is 2.33 bits per heavy atom. The van der Waals surface area contributed by atoms with E-state index < -0.39 is 0 Å². The van der Waals surface area contributed by atoms with Crippen LogP contribution in [0.2, 0.25) is 0 Å². The fourth-order valence-electron chi connectivity index (χ4n) is 0.230. The summed E-state index contributed by atoms with van der Waals surface area (Å²) in [6, 6.07) is 0. The minimum Gasteiger partial charge on any atom is -0.384 e. The van der Waals surface area contributed by atoms with Crippen LogP contribution < -0.4 is 0 Å². The Morgan fingerprint density at radius 2 is 2.33 bits per heavy atom. The molecular formula is C4H9BrO. The molecule has 0 spiro atoms. The molecule has 0 rings (SSSR count). The maximum atomic E-state index is 4.76. The third-order valence-corrected chi connectivity index (χ3v) is 0.661. The standard InChI is InChI=1S/C4H9BrO/c1-4(5)3-6-2/h4H,3H2,1-2H3. The number of hydrogen-bond acceptors (Lipinski definition) is 1. The molecule has 0 radical (unpaired) electrons. The molecule has 0 fully saturated rings. The van der Waals surface area contributed by atoms with Gasteiger partial charge in [-0.3, -0.25) is 0 Å². The zero-order valence-electron chi connectivity index (χ0n) is 4.07. The predicted octanol–water partition coefficient (Wildman–Crippen LogP) is 1.42.